The highest BCUT2D eigenvalue weighted by Gasteiger charge is 2.26. The number of hydrogen-bond acceptors (Lipinski definition) is 5. The molecule has 6 heteroatoms. The Morgan fingerprint density at radius 1 is 1.36 bits per heavy atom. The molecule has 0 radical (unpaired) electrons. The van der Waals surface area contributed by atoms with Gasteiger partial charge in [0.2, 0.25) is 0 Å². The molecule has 0 saturated heterocycles. The van der Waals surface area contributed by atoms with Crippen LogP contribution in [0.4, 0.5) is 0 Å². The fraction of sp³-hybridized carbons (Fsp3) is 0.800. The van der Waals surface area contributed by atoms with E-state index >= 15 is 0 Å². The minimum absolute atomic E-state index is 0.406. The molecule has 6 nitrogen and oxygen atoms in total. The molecule has 0 bridgehead atoms. The van der Waals surface area contributed by atoms with E-state index in [4.69, 9.17) is 20.4 Å². The highest BCUT2D eigenvalue weighted by atomic mass is 17.1. The molecule has 0 aliphatic carbocycles. The molecule has 4 N–H and O–H groups in total. The average molecular weight is 166 g/mol. The Balaban J connectivity index is 3.90. The molecule has 0 amide bonds. The number of aldehydes is 1. The number of carbonyl (C=O) groups excluding carboxylic acids is 1. The molecule has 0 aromatic heterocycles. The molecule has 3 atom stereocenters. The molecule has 0 unspecified atom stereocenters. The molecular weight excluding hydrogens is 156 g/mol. The average Bonchev–Trinajstić information content (AvgIpc) is 2.02. The monoisotopic (exact) mass is 166 g/mol. The summed E-state index contributed by atoms with van der Waals surface area (Å²) in [7, 11) is 0. The van der Waals surface area contributed by atoms with Crippen LogP contribution in [0.1, 0.15) is 0 Å². The minimum atomic E-state index is -1.62. The Bertz CT molecular complexity index is 124. The normalized spacial score (nSPS) is 20.0. The van der Waals surface area contributed by atoms with Crippen LogP contribution >= 0.6 is 0 Å². The van der Waals surface area contributed by atoms with Gasteiger partial charge in [-0.05, 0) is 0 Å². The third-order valence-electron chi connectivity index (χ3n) is 1.13. The molecule has 11 heavy (non-hydrogen) atoms. The smallest absolute Gasteiger partial charge is 0.349 e. The maximum Gasteiger partial charge on any atom is 0.349 e. The largest absolute Gasteiger partial charge is 0.463 e. The van der Waals surface area contributed by atoms with E-state index in [-0.39, 0.29) is 0 Å². The van der Waals surface area contributed by atoms with Gasteiger partial charge < -0.3 is 25.7 Å². The van der Waals surface area contributed by atoms with Crippen molar-refractivity contribution in [2.45, 2.75) is 18.3 Å². The summed E-state index contributed by atoms with van der Waals surface area (Å²) in [6.07, 6.45) is -4.30. The van der Waals surface area contributed by atoms with Crippen molar-refractivity contribution in [3.8, 4) is 0 Å². The molecule has 0 rings (SSSR count). The molecule has 0 aliphatic rings. The first-order valence-electron chi connectivity index (χ1n) is 2.90. The first-order valence-corrected chi connectivity index (χ1v) is 2.90. The van der Waals surface area contributed by atoms with Crippen LogP contribution in [0.3, 0.4) is 0 Å². The topological polar surface area (TPSA) is 115 Å². The second-order valence-corrected chi connectivity index (χ2v) is 1.96. The van der Waals surface area contributed by atoms with Crippen molar-refractivity contribution in [2.24, 2.45) is 0 Å². The van der Waals surface area contributed by atoms with Crippen molar-refractivity contribution < 1.29 is 30.3 Å². The molecule has 0 aromatic carbocycles. The van der Waals surface area contributed by atoms with Gasteiger partial charge in [0.15, 0.2) is 6.10 Å². The van der Waals surface area contributed by atoms with Crippen LogP contribution < -0.4 is 5.26 Å². The molecule has 0 saturated carbocycles. The summed E-state index contributed by atoms with van der Waals surface area (Å²) < 4.78 is 3.14. The number of rotatable bonds is 4. The lowest BCUT2D eigenvalue weighted by atomic mass is 10.1. The van der Waals surface area contributed by atoms with E-state index in [1.807, 2.05) is 0 Å². The van der Waals surface area contributed by atoms with Gasteiger partial charge in [-0.1, -0.05) is 0 Å². The zero-order valence-corrected chi connectivity index (χ0v) is 5.62. The van der Waals surface area contributed by atoms with Gasteiger partial charge in [-0.25, -0.2) is 0 Å². The predicted octanol–water partition coefficient (Wildman–Crippen LogP) is -3.93. The standard InChI is InChI=1S/C5H10O6/c6-1-3(7)5(9)4(8)2-11-10/h2-9H,1H2/t3-,4-,5-/m1/s1. The summed E-state index contributed by atoms with van der Waals surface area (Å²) in [4.78, 5) is 0. The summed E-state index contributed by atoms with van der Waals surface area (Å²) in [5.74, 6) is 0. The van der Waals surface area contributed by atoms with E-state index in [1.165, 1.54) is 0 Å². The summed E-state index contributed by atoms with van der Waals surface area (Å²) >= 11 is 0. The highest BCUT2D eigenvalue weighted by molar-refractivity contribution is 5.56. The highest BCUT2D eigenvalue weighted by Crippen LogP contribution is 1.96. The fourth-order valence-electron chi connectivity index (χ4n) is 0.473. The van der Waals surface area contributed by atoms with Gasteiger partial charge in [-0.15, -0.1) is 0 Å². The van der Waals surface area contributed by atoms with Crippen LogP contribution in [0.5, 0.6) is 0 Å². The van der Waals surface area contributed by atoms with E-state index < -0.39 is 24.9 Å². The lowest BCUT2D eigenvalue weighted by molar-refractivity contribution is -1.04. The molecule has 0 aliphatic heterocycles. The molecular formula is C5H10O6. The lowest BCUT2D eigenvalue weighted by Crippen LogP contribution is -2.40. The van der Waals surface area contributed by atoms with E-state index in [1.54, 1.807) is 0 Å². The predicted molar refractivity (Wildman–Crippen MR) is 31.2 cm³/mol. The maximum atomic E-state index is 9.38. The van der Waals surface area contributed by atoms with Crippen LogP contribution in [0.15, 0.2) is 0 Å². The van der Waals surface area contributed by atoms with Gasteiger partial charge >= 0.3 is 6.29 Å². The Kier molecular flexibility index (Phi) is 4.71. The van der Waals surface area contributed by atoms with Gasteiger partial charge in [0, 0.05) is 0 Å². The summed E-state index contributed by atoms with van der Waals surface area (Å²) in [6.45, 7) is -0.703. The van der Waals surface area contributed by atoms with Gasteiger partial charge in [0.25, 0.3) is 0 Å². The van der Waals surface area contributed by atoms with Crippen molar-refractivity contribution in [3.05, 3.63) is 0 Å². The van der Waals surface area contributed by atoms with E-state index in [0.29, 0.717) is 6.29 Å². The zero-order chi connectivity index (χ0) is 8.85. The van der Waals surface area contributed by atoms with E-state index in [2.05, 4.69) is 4.58 Å². The van der Waals surface area contributed by atoms with Gasteiger partial charge in [-0.2, -0.15) is 4.58 Å². The SMILES string of the molecule is [O-][O+]=C[C@@H](O)[C@H](O)[C@H](O)CO. The summed E-state index contributed by atoms with van der Waals surface area (Å²) in [5.41, 5.74) is 0. The van der Waals surface area contributed by atoms with Crippen LogP contribution in [0, 0.1) is 0 Å². The second kappa shape index (κ2) is 5.03. The third-order valence-corrected chi connectivity index (χ3v) is 1.13. The van der Waals surface area contributed by atoms with Crippen molar-refractivity contribution in [3.63, 3.8) is 0 Å². The third kappa shape index (κ3) is 3.28. The summed E-state index contributed by atoms with van der Waals surface area (Å²) in [6, 6.07) is 0. The second-order valence-electron chi connectivity index (χ2n) is 1.96. The van der Waals surface area contributed by atoms with Crippen LogP contribution in [-0.4, -0.2) is 51.6 Å². The van der Waals surface area contributed by atoms with Crippen LogP contribution in [-0.2, 0) is 4.58 Å². The summed E-state index contributed by atoms with van der Waals surface area (Å²) in [5, 5.41) is 43.9. The van der Waals surface area contributed by atoms with E-state index in [0.717, 1.165) is 0 Å². The first kappa shape index (κ1) is 10.3. The molecule has 0 heterocycles. The van der Waals surface area contributed by atoms with Crippen LogP contribution in [0.2, 0.25) is 0 Å². The Morgan fingerprint density at radius 3 is 2.27 bits per heavy atom. The van der Waals surface area contributed by atoms with Crippen molar-refractivity contribution >= 4 is 6.29 Å². The van der Waals surface area contributed by atoms with Gasteiger partial charge in [0.1, 0.15) is 12.2 Å². The fourth-order valence-corrected chi connectivity index (χ4v) is 0.473. The maximum absolute atomic E-state index is 9.38. The Labute approximate surface area is 62.6 Å². The lowest BCUT2D eigenvalue weighted by Gasteiger charge is -2.14. The van der Waals surface area contributed by atoms with Gasteiger partial charge in [-0.3, -0.25) is 0 Å². The number of hydrogen-bond donors (Lipinski definition) is 4. The van der Waals surface area contributed by atoms with Crippen LogP contribution in [0.25, 0.3) is 0 Å². The quantitative estimate of drug-likeness (QED) is 0.147. The van der Waals surface area contributed by atoms with Crippen molar-refractivity contribution in [1.29, 1.82) is 0 Å². The minimum Gasteiger partial charge on any atom is -0.463 e. The molecule has 66 valence electrons. The first-order chi connectivity index (χ1) is 5.13. The molecule has 0 fully saturated rings. The van der Waals surface area contributed by atoms with E-state index in [9.17, 15) is 5.26 Å². The molecule has 0 aromatic rings. The number of aliphatic hydroxyl groups is 4. The Hall–Kier alpha value is -0.690. The van der Waals surface area contributed by atoms with Gasteiger partial charge in [0.05, 0.1) is 6.61 Å². The van der Waals surface area contributed by atoms with Crippen molar-refractivity contribution in [2.75, 3.05) is 6.61 Å². The zero-order valence-electron chi connectivity index (χ0n) is 5.62. The number of aliphatic hydroxyl groups excluding tert-OH is 4. The Morgan fingerprint density at radius 2 is 1.91 bits per heavy atom. The van der Waals surface area contributed by atoms with Crippen molar-refractivity contribution in [1.82, 2.24) is 0 Å². The molecule has 0 spiro atoms.